The third-order valence-electron chi connectivity index (χ3n) is 2.86. The Balaban J connectivity index is 2.29. The highest BCUT2D eigenvalue weighted by molar-refractivity contribution is 9.10. The summed E-state index contributed by atoms with van der Waals surface area (Å²) in [6.07, 6.45) is 0. The van der Waals surface area contributed by atoms with Crippen molar-refractivity contribution in [2.75, 3.05) is 5.32 Å². The first-order valence-electron chi connectivity index (χ1n) is 5.79. The molecule has 0 radical (unpaired) electrons. The van der Waals surface area contributed by atoms with Crippen LogP contribution in [-0.2, 0) is 0 Å². The lowest BCUT2D eigenvalue weighted by atomic mass is 10.1. The summed E-state index contributed by atoms with van der Waals surface area (Å²) in [5.74, 6) is -0.186. The first-order chi connectivity index (χ1) is 9.52. The molecule has 2 aromatic rings. The van der Waals surface area contributed by atoms with E-state index in [2.05, 4.69) is 37.2 Å². The van der Waals surface area contributed by atoms with Crippen LogP contribution in [-0.4, -0.2) is 5.91 Å². The van der Waals surface area contributed by atoms with Crippen LogP contribution in [0.25, 0.3) is 0 Å². The maximum Gasteiger partial charge on any atom is 0.255 e. The van der Waals surface area contributed by atoms with Gasteiger partial charge in [0.15, 0.2) is 0 Å². The molecular weight excluding hydrogens is 384 g/mol. The van der Waals surface area contributed by atoms with Crippen LogP contribution in [0, 0.1) is 18.3 Å². The highest BCUT2D eigenvalue weighted by Gasteiger charge is 2.12. The Labute approximate surface area is 133 Å². The molecule has 0 aliphatic carbocycles. The molecule has 5 heteroatoms. The number of carbonyl (C=O) groups is 1. The molecule has 0 aliphatic rings. The van der Waals surface area contributed by atoms with Crippen molar-refractivity contribution in [2.45, 2.75) is 6.92 Å². The fourth-order valence-corrected chi connectivity index (χ4v) is 2.57. The smallest absolute Gasteiger partial charge is 0.255 e. The van der Waals surface area contributed by atoms with E-state index >= 15 is 0 Å². The van der Waals surface area contributed by atoms with Crippen LogP contribution in [0.1, 0.15) is 21.5 Å². The predicted molar refractivity (Wildman–Crippen MR) is 85.7 cm³/mol. The van der Waals surface area contributed by atoms with Gasteiger partial charge in [-0.05, 0) is 58.7 Å². The van der Waals surface area contributed by atoms with E-state index in [0.29, 0.717) is 21.3 Å². The molecule has 1 amide bonds. The van der Waals surface area contributed by atoms with E-state index in [0.717, 1.165) is 10.0 Å². The predicted octanol–water partition coefficient (Wildman–Crippen LogP) is 4.64. The lowest BCUT2D eigenvalue weighted by Crippen LogP contribution is -2.13. The van der Waals surface area contributed by atoms with E-state index in [4.69, 9.17) is 5.26 Å². The zero-order valence-electron chi connectivity index (χ0n) is 10.6. The summed E-state index contributed by atoms with van der Waals surface area (Å²) in [7, 11) is 0. The van der Waals surface area contributed by atoms with Gasteiger partial charge in [0.1, 0.15) is 0 Å². The van der Waals surface area contributed by atoms with Gasteiger partial charge in [0.2, 0.25) is 0 Å². The number of nitrogens with zero attached hydrogens (tertiary/aromatic N) is 1. The first-order valence-corrected chi connectivity index (χ1v) is 7.37. The molecule has 2 rings (SSSR count). The minimum absolute atomic E-state index is 0.186. The van der Waals surface area contributed by atoms with Gasteiger partial charge in [-0.3, -0.25) is 4.79 Å². The number of nitrogens with one attached hydrogen (secondary N) is 1. The lowest BCUT2D eigenvalue weighted by Gasteiger charge is -2.10. The Kier molecular flexibility index (Phi) is 4.58. The number of amides is 1. The summed E-state index contributed by atoms with van der Waals surface area (Å²) in [6, 6.07) is 12.6. The number of halogens is 2. The highest BCUT2D eigenvalue weighted by atomic mass is 79.9. The van der Waals surface area contributed by atoms with E-state index < -0.39 is 0 Å². The molecule has 3 nitrogen and oxygen atoms in total. The minimum Gasteiger partial charge on any atom is -0.321 e. The summed E-state index contributed by atoms with van der Waals surface area (Å²) >= 11 is 6.75. The van der Waals surface area contributed by atoms with Crippen LogP contribution in [0.2, 0.25) is 0 Å². The van der Waals surface area contributed by atoms with Crippen molar-refractivity contribution in [3.8, 4) is 6.07 Å². The largest absolute Gasteiger partial charge is 0.321 e. The van der Waals surface area contributed by atoms with Crippen molar-refractivity contribution in [2.24, 2.45) is 0 Å². The number of hydrogen-bond donors (Lipinski definition) is 1. The van der Waals surface area contributed by atoms with Crippen LogP contribution in [0.4, 0.5) is 5.69 Å². The van der Waals surface area contributed by atoms with Crippen molar-refractivity contribution in [1.82, 2.24) is 0 Å². The highest BCUT2D eigenvalue weighted by Crippen LogP contribution is 2.25. The van der Waals surface area contributed by atoms with Crippen molar-refractivity contribution < 1.29 is 4.79 Å². The minimum atomic E-state index is -0.186. The van der Waals surface area contributed by atoms with Crippen molar-refractivity contribution >= 4 is 43.5 Å². The average molecular weight is 394 g/mol. The van der Waals surface area contributed by atoms with Crippen LogP contribution in [0.15, 0.2) is 45.3 Å². The molecule has 0 saturated carbocycles. The molecule has 0 aliphatic heterocycles. The zero-order chi connectivity index (χ0) is 14.7. The second kappa shape index (κ2) is 6.21. The van der Waals surface area contributed by atoms with Gasteiger partial charge in [0, 0.05) is 14.5 Å². The van der Waals surface area contributed by atoms with Crippen molar-refractivity contribution in [3.63, 3.8) is 0 Å². The monoisotopic (exact) mass is 392 g/mol. The number of nitriles is 1. The van der Waals surface area contributed by atoms with Crippen molar-refractivity contribution in [1.29, 1.82) is 5.26 Å². The van der Waals surface area contributed by atoms with Crippen LogP contribution >= 0.6 is 31.9 Å². The maximum absolute atomic E-state index is 12.3. The topological polar surface area (TPSA) is 52.9 Å². The third kappa shape index (κ3) is 3.09. The summed E-state index contributed by atoms with van der Waals surface area (Å²) in [5.41, 5.74) is 2.66. The van der Waals surface area contributed by atoms with Gasteiger partial charge >= 0.3 is 0 Å². The molecule has 0 saturated heterocycles. The Bertz CT molecular complexity index is 720. The number of rotatable bonds is 2. The Morgan fingerprint density at radius 1 is 1.20 bits per heavy atom. The quantitative estimate of drug-likeness (QED) is 0.807. The van der Waals surface area contributed by atoms with Gasteiger partial charge in [-0.1, -0.05) is 22.0 Å². The fourth-order valence-electron chi connectivity index (χ4n) is 1.73. The van der Waals surface area contributed by atoms with E-state index in [1.165, 1.54) is 0 Å². The van der Waals surface area contributed by atoms with E-state index in [-0.39, 0.29) is 5.91 Å². The van der Waals surface area contributed by atoms with Crippen LogP contribution < -0.4 is 5.32 Å². The Morgan fingerprint density at radius 3 is 2.60 bits per heavy atom. The van der Waals surface area contributed by atoms with E-state index in [9.17, 15) is 4.79 Å². The molecule has 0 bridgehead atoms. The molecule has 0 unspecified atom stereocenters. The summed E-state index contributed by atoms with van der Waals surface area (Å²) in [5, 5.41) is 11.6. The summed E-state index contributed by atoms with van der Waals surface area (Å²) in [4.78, 5) is 12.3. The van der Waals surface area contributed by atoms with Crippen LogP contribution in [0.5, 0.6) is 0 Å². The molecule has 20 heavy (non-hydrogen) atoms. The normalized spacial score (nSPS) is 9.90. The average Bonchev–Trinajstić information content (AvgIpc) is 2.44. The molecular formula is C15H10Br2N2O. The number of anilines is 1. The lowest BCUT2D eigenvalue weighted by molar-refractivity contribution is 0.102. The van der Waals surface area contributed by atoms with Gasteiger partial charge in [0.25, 0.3) is 5.91 Å². The molecule has 1 N–H and O–H groups in total. The first kappa shape index (κ1) is 14.8. The van der Waals surface area contributed by atoms with Crippen molar-refractivity contribution in [3.05, 3.63) is 62.0 Å². The van der Waals surface area contributed by atoms with Gasteiger partial charge in [0.05, 0.1) is 17.3 Å². The van der Waals surface area contributed by atoms with E-state index in [1.54, 1.807) is 24.3 Å². The van der Waals surface area contributed by atoms with Crippen LogP contribution in [0.3, 0.4) is 0 Å². The number of carbonyl (C=O) groups excluding carboxylic acids is 1. The molecule has 0 spiro atoms. The van der Waals surface area contributed by atoms with Gasteiger partial charge in [-0.15, -0.1) is 0 Å². The van der Waals surface area contributed by atoms with E-state index in [1.807, 2.05) is 25.1 Å². The molecule has 0 fully saturated rings. The Hall–Kier alpha value is -1.64. The number of benzene rings is 2. The molecule has 100 valence electrons. The second-order valence-corrected chi connectivity index (χ2v) is 5.88. The molecule has 0 aromatic heterocycles. The van der Waals surface area contributed by atoms with Gasteiger partial charge < -0.3 is 5.32 Å². The molecule has 0 atom stereocenters. The third-order valence-corrected chi connectivity index (χ3v) is 4.37. The Morgan fingerprint density at radius 2 is 1.95 bits per heavy atom. The number of hydrogen-bond acceptors (Lipinski definition) is 2. The molecule has 0 heterocycles. The van der Waals surface area contributed by atoms with Gasteiger partial charge in [-0.2, -0.15) is 5.26 Å². The standard InChI is InChI=1S/C15H10Br2N2O/c1-9-11(3-2-4-12(9)16)15(20)19-14-6-5-10(8-18)7-13(14)17/h2-7H,1H3,(H,19,20). The summed E-state index contributed by atoms with van der Waals surface area (Å²) < 4.78 is 1.57. The fraction of sp³-hybridized carbons (Fsp3) is 0.0667. The SMILES string of the molecule is Cc1c(Br)cccc1C(=O)Nc1ccc(C#N)cc1Br. The van der Waals surface area contributed by atoms with Gasteiger partial charge in [-0.25, -0.2) is 0 Å². The summed E-state index contributed by atoms with van der Waals surface area (Å²) in [6.45, 7) is 1.88. The maximum atomic E-state index is 12.3. The molecule has 2 aromatic carbocycles. The second-order valence-electron chi connectivity index (χ2n) is 4.17. The zero-order valence-corrected chi connectivity index (χ0v) is 13.7.